The van der Waals surface area contributed by atoms with Crippen LogP contribution in [0.2, 0.25) is 0 Å². The topological polar surface area (TPSA) is 50.8 Å². The molecule has 124 valence electrons. The highest BCUT2D eigenvalue weighted by molar-refractivity contribution is 6.08. The number of rotatable bonds is 2. The molecule has 1 amide bonds. The van der Waals surface area contributed by atoms with E-state index >= 15 is 0 Å². The minimum atomic E-state index is -0.732. The number of nitrogens with zero attached hydrogens (tertiary/aromatic N) is 1. The maximum absolute atomic E-state index is 13.5. The lowest BCUT2D eigenvalue weighted by Gasteiger charge is -2.36. The molecule has 0 spiro atoms. The molecule has 0 atom stereocenters. The Morgan fingerprint density at radius 3 is 2.75 bits per heavy atom. The van der Waals surface area contributed by atoms with Gasteiger partial charge in [0, 0.05) is 17.2 Å². The normalized spacial score (nSPS) is 17.5. The third-order valence-electron chi connectivity index (χ3n) is 4.44. The van der Waals surface area contributed by atoms with Crippen LogP contribution in [0.4, 0.5) is 15.8 Å². The van der Waals surface area contributed by atoms with Crippen LogP contribution in [0, 0.1) is 5.82 Å². The van der Waals surface area contributed by atoms with Crippen LogP contribution in [-0.4, -0.2) is 18.6 Å². The third kappa shape index (κ3) is 1.99. The fraction of sp³-hybridized carbons (Fsp3) is 0.278. The molecule has 5 nitrogen and oxygen atoms in total. The number of ether oxygens (including phenoxy) is 1. The first-order valence-electron chi connectivity index (χ1n) is 7.68. The first-order valence-corrected chi connectivity index (χ1v) is 7.68. The van der Waals surface area contributed by atoms with Gasteiger partial charge >= 0.3 is 0 Å². The minimum Gasteiger partial charge on any atom is -0.496 e. The molecule has 2 aliphatic heterocycles. The van der Waals surface area contributed by atoms with Gasteiger partial charge in [-0.15, -0.1) is 0 Å². The summed E-state index contributed by atoms with van der Waals surface area (Å²) in [5, 5.41) is 4.61. The number of carbonyl (C=O) groups is 1. The Bertz CT molecular complexity index is 864. The summed E-state index contributed by atoms with van der Waals surface area (Å²) in [7, 11) is 1.51. The van der Waals surface area contributed by atoms with Crippen molar-refractivity contribution >= 4 is 17.3 Å². The number of benzene rings is 2. The van der Waals surface area contributed by atoms with Gasteiger partial charge < -0.3 is 10.1 Å². The van der Waals surface area contributed by atoms with Gasteiger partial charge in [0.15, 0.2) is 0 Å². The van der Waals surface area contributed by atoms with Crippen molar-refractivity contribution in [2.45, 2.75) is 26.0 Å². The van der Waals surface area contributed by atoms with E-state index in [1.54, 1.807) is 6.07 Å². The second kappa shape index (κ2) is 4.95. The third-order valence-corrected chi connectivity index (χ3v) is 4.44. The quantitative estimate of drug-likeness (QED) is 0.917. The van der Waals surface area contributed by atoms with Gasteiger partial charge in [0.25, 0.3) is 5.91 Å². The van der Waals surface area contributed by atoms with E-state index in [2.05, 4.69) is 5.32 Å². The van der Waals surface area contributed by atoms with Crippen LogP contribution in [0.3, 0.4) is 0 Å². The molecule has 1 N–H and O–H groups in total. The van der Waals surface area contributed by atoms with Gasteiger partial charge in [-0.2, -0.15) is 5.06 Å². The molecular formula is C18H17FN2O3. The number of hydroxylamine groups is 1. The van der Waals surface area contributed by atoms with Crippen molar-refractivity contribution in [3.05, 3.63) is 41.7 Å². The van der Waals surface area contributed by atoms with Gasteiger partial charge in [0.05, 0.1) is 12.8 Å². The van der Waals surface area contributed by atoms with Crippen LogP contribution in [0.15, 0.2) is 30.3 Å². The Kier molecular flexibility index (Phi) is 3.08. The van der Waals surface area contributed by atoms with Gasteiger partial charge in [-0.25, -0.2) is 4.39 Å². The number of hydrogen-bond acceptors (Lipinski definition) is 4. The first kappa shape index (κ1) is 15.0. The lowest BCUT2D eigenvalue weighted by Crippen LogP contribution is -2.52. The zero-order valence-corrected chi connectivity index (χ0v) is 13.6. The molecule has 0 radical (unpaired) electrons. The van der Waals surface area contributed by atoms with Crippen molar-refractivity contribution in [2.24, 2.45) is 0 Å². The molecule has 0 unspecified atom stereocenters. The summed E-state index contributed by atoms with van der Waals surface area (Å²) >= 11 is 0. The minimum absolute atomic E-state index is 0.142. The second-order valence-electron chi connectivity index (χ2n) is 6.46. The molecule has 0 aliphatic carbocycles. The largest absolute Gasteiger partial charge is 0.496 e. The predicted octanol–water partition coefficient (Wildman–Crippen LogP) is 3.48. The Morgan fingerprint density at radius 1 is 1.25 bits per heavy atom. The molecule has 2 aliphatic rings. The molecule has 2 aromatic rings. The summed E-state index contributed by atoms with van der Waals surface area (Å²) in [4.78, 5) is 18.2. The smallest absolute Gasteiger partial charge is 0.276 e. The second-order valence-corrected chi connectivity index (χ2v) is 6.46. The number of amides is 1. The Morgan fingerprint density at radius 2 is 2.00 bits per heavy atom. The molecule has 0 saturated carbocycles. The standard InChI is InChI=1S/C18H17FN2O3/c1-18(2)17(22)21-16-13(9-24-21)11(6-7-14(16)20-18)12-5-4-10(19)8-15(12)23-3/h4-8,20H,9H2,1-3H3. The highest BCUT2D eigenvalue weighted by Gasteiger charge is 2.44. The van der Waals surface area contributed by atoms with E-state index in [1.165, 1.54) is 24.3 Å². The lowest BCUT2D eigenvalue weighted by atomic mass is 9.93. The van der Waals surface area contributed by atoms with Gasteiger partial charge in [0.1, 0.15) is 29.4 Å². The fourth-order valence-corrected chi connectivity index (χ4v) is 3.25. The van der Waals surface area contributed by atoms with Crippen molar-refractivity contribution in [3.8, 4) is 16.9 Å². The summed E-state index contributed by atoms with van der Waals surface area (Å²) in [5.41, 5.74) is 3.35. The average molecular weight is 328 g/mol. The highest BCUT2D eigenvalue weighted by atomic mass is 19.1. The number of carbonyl (C=O) groups excluding carboxylic acids is 1. The number of anilines is 2. The number of nitrogens with one attached hydrogen (secondary N) is 1. The average Bonchev–Trinajstić information content (AvgIpc) is 2.99. The van der Waals surface area contributed by atoms with Gasteiger partial charge in [-0.1, -0.05) is 6.07 Å². The molecule has 6 heteroatoms. The SMILES string of the molecule is COc1cc(F)ccc1-c1ccc2c3c1CON3C(=O)C(C)(C)N2. The van der Waals surface area contributed by atoms with Gasteiger partial charge in [-0.3, -0.25) is 9.63 Å². The molecule has 2 heterocycles. The Labute approximate surface area is 138 Å². The van der Waals surface area contributed by atoms with Crippen LogP contribution >= 0.6 is 0 Å². The molecule has 24 heavy (non-hydrogen) atoms. The number of hydrogen-bond donors (Lipinski definition) is 1. The Hall–Kier alpha value is -2.60. The fourth-order valence-electron chi connectivity index (χ4n) is 3.25. The summed E-state index contributed by atoms with van der Waals surface area (Å²) in [6, 6.07) is 8.27. The van der Waals surface area contributed by atoms with Crippen LogP contribution in [0.1, 0.15) is 19.4 Å². The van der Waals surface area contributed by atoms with Crippen molar-refractivity contribution < 1.29 is 18.8 Å². The van der Waals surface area contributed by atoms with Crippen molar-refractivity contribution in [1.82, 2.24) is 0 Å². The van der Waals surface area contributed by atoms with E-state index in [4.69, 9.17) is 9.57 Å². The molecular weight excluding hydrogens is 311 g/mol. The van der Waals surface area contributed by atoms with E-state index in [9.17, 15) is 9.18 Å². The zero-order valence-electron chi connectivity index (χ0n) is 13.6. The van der Waals surface area contributed by atoms with E-state index in [1.807, 2.05) is 26.0 Å². The van der Waals surface area contributed by atoms with Crippen LogP contribution in [0.5, 0.6) is 5.75 Å². The highest BCUT2D eigenvalue weighted by Crippen LogP contribution is 2.47. The molecule has 0 bridgehead atoms. The molecule has 0 aromatic heterocycles. The van der Waals surface area contributed by atoms with E-state index in [0.29, 0.717) is 5.75 Å². The zero-order chi connectivity index (χ0) is 17.1. The van der Waals surface area contributed by atoms with Gasteiger partial charge in [-0.05, 0) is 37.6 Å². The molecule has 0 fully saturated rings. The first-order chi connectivity index (χ1) is 11.4. The number of methoxy groups -OCH3 is 1. The van der Waals surface area contributed by atoms with Crippen molar-refractivity contribution in [2.75, 3.05) is 17.5 Å². The summed E-state index contributed by atoms with van der Waals surface area (Å²) in [6.45, 7) is 3.91. The Balaban J connectivity index is 1.91. The van der Waals surface area contributed by atoms with Crippen molar-refractivity contribution in [3.63, 3.8) is 0 Å². The summed E-state index contributed by atoms with van der Waals surface area (Å²) in [6.07, 6.45) is 0. The monoisotopic (exact) mass is 328 g/mol. The number of halogens is 1. The summed E-state index contributed by atoms with van der Waals surface area (Å²) < 4.78 is 18.8. The predicted molar refractivity (Wildman–Crippen MR) is 88.4 cm³/mol. The van der Waals surface area contributed by atoms with Crippen molar-refractivity contribution in [1.29, 1.82) is 0 Å². The van der Waals surface area contributed by atoms with Gasteiger partial charge in [0.2, 0.25) is 0 Å². The maximum atomic E-state index is 13.5. The van der Waals surface area contributed by atoms with E-state index < -0.39 is 5.54 Å². The van der Waals surface area contributed by atoms with E-state index in [-0.39, 0.29) is 18.3 Å². The van der Waals surface area contributed by atoms with Crippen LogP contribution in [0.25, 0.3) is 11.1 Å². The summed E-state index contributed by atoms with van der Waals surface area (Å²) in [5.74, 6) is -0.0569. The van der Waals surface area contributed by atoms with E-state index in [0.717, 1.165) is 28.1 Å². The molecule has 0 saturated heterocycles. The molecule has 4 rings (SSSR count). The van der Waals surface area contributed by atoms with Crippen LogP contribution in [-0.2, 0) is 16.2 Å². The lowest BCUT2D eigenvalue weighted by molar-refractivity contribution is -0.129. The molecule has 2 aromatic carbocycles. The van der Waals surface area contributed by atoms with Crippen LogP contribution < -0.4 is 15.1 Å². The maximum Gasteiger partial charge on any atom is 0.276 e.